The second-order valence-corrected chi connectivity index (χ2v) is 7.12. The summed E-state index contributed by atoms with van der Waals surface area (Å²) in [5.74, 6) is 0. The molecule has 0 aliphatic carbocycles. The molecule has 19 heavy (non-hydrogen) atoms. The van der Waals surface area contributed by atoms with Crippen LogP contribution in [-0.4, -0.2) is 60.7 Å². The standard InChI is InChI=1S/C15H29NO3/c1-14(2)11-16(15(14,3)4)9-12(17)10-19-13-5-7-18-8-6-13/h12-13,17H,5-11H2,1-4H3. The predicted molar refractivity (Wildman–Crippen MR) is 75.2 cm³/mol. The molecule has 0 radical (unpaired) electrons. The van der Waals surface area contributed by atoms with Crippen molar-refractivity contribution in [2.75, 3.05) is 32.9 Å². The normalized spacial score (nSPS) is 28.9. The van der Waals surface area contributed by atoms with Gasteiger partial charge in [-0.1, -0.05) is 13.8 Å². The topological polar surface area (TPSA) is 41.9 Å². The molecule has 4 heteroatoms. The molecular weight excluding hydrogens is 242 g/mol. The number of ether oxygens (including phenoxy) is 2. The average Bonchev–Trinajstić information content (AvgIpc) is 2.37. The number of rotatable bonds is 5. The van der Waals surface area contributed by atoms with Gasteiger partial charge in [-0.05, 0) is 32.1 Å². The summed E-state index contributed by atoms with van der Waals surface area (Å²) in [6.07, 6.45) is 1.78. The summed E-state index contributed by atoms with van der Waals surface area (Å²) in [5.41, 5.74) is 0.487. The van der Waals surface area contributed by atoms with Gasteiger partial charge in [0, 0.05) is 31.8 Å². The van der Waals surface area contributed by atoms with E-state index in [4.69, 9.17) is 9.47 Å². The molecule has 4 nitrogen and oxygen atoms in total. The molecule has 0 aromatic carbocycles. The Kier molecular flexibility index (Phi) is 4.56. The van der Waals surface area contributed by atoms with Crippen LogP contribution < -0.4 is 0 Å². The second-order valence-electron chi connectivity index (χ2n) is 7.12. The average molecular weight is 271 g/mol. The van der Waals surface area contributed by atoms with Crippen molar-refractivity contribution in [3.63, 3.8) is 0 Å². The molecule has 1 atom stereocenters. The van der Waals surface area contributed by atoms with Gasteiger partial charge in [-0.2, -0.15) is 0 Å². The second kappa shape index (κ2) is 5.68. The van der Waals surface area contributed by atoms with Crippen molar-refractivity contribution < 1.29 is 14.6 Å². The number of aliphatic hydroxyl groups is 1. The van der Waals surface area contributed by atoms with E-state index < -0.39 is 6.10 Å². The lowest BCUT2D eigenvalue weighted by Gasteiger charge is -2.62. The summed E-state index contributed by atoms with van der Waals surface area (Å²) in [6.45, 7) is 12.8. The predicted octanol–water partition coefficient (Wildman–Crippen LogP) is 1.66. The molecule has 2 heterocycles. The Labute approximate surface area is 117 Å². The van der Waals surface area contributed by atoms with Gasteiger partial charge in [0.05, 0.1) is 18.8 Å². The third-order valence-corrected chi connectivity index (χ3v) is 5.16. The molecule has 1 unspecified atom stereocenters. The van der Waals surface area contributed by atoms with Crippen LogP contribution in [0.2, 0.25) is 0 Å². The molecule has 0 aromatic rings. The highest BCUT2D eigenvalue weighted by atomic mass is 16.5. The van der Waals surface area contributed by atoms with Crippen molar-refractivity contribution in [1.82, 2.24) is 4.90 Å². The van der Waals surface area contributed by atoms with Gasteiger partial charge in [0.2, 0.25) is 0 Å². The zero-order valence-electron chi connectivity index (χ0n) is 12.8. The summed E-state index contributed by atoms with van der Waals surface area (Å²) in [6, 6.07) is 0. The molecule has 0 spiro atoms. The first-order valence-corrected chi connectivity index (χ1v) is 7.45. The summed E-state index contributed by atoms with van der Waals surface area (Å²) in [7, 11) is 0. The molecule has 2 rings (SSSR count). The lowest BCUT2D eigenvalue weighted by Crippen LogP contribution is -2.70. The number of likely N-dealkylation sites (tertiary alicyclic amines) is 1. The van der Waals surface area contributed by atoms with Gasteiger partial charge in [-0.15, -0.1) is 0 Å². The Morgan fingerprint density at radius 1 is 1.26 bits per heavy atom. The van der Waals surface area contributed by atoms with Crippen molar-refractivity contribution in [2.45, 2.75) is 58.3 Å². The molecule has 1 N–H and O–H groups in total. The van der Waals surface area contributed by atoms with E-state index in [0.717, 1.165) is 32.6 Å². The van der Waals surface area contributed by atoms with Crippen LogP contribution in [-0.2, 0) is 9.47 Å². The Balaban J connectivity index is 1.69. The third kappa shape index (κ3) is 3.30. The highest BCUT2D eigenvalue weighted by molar-refractivity contribution is 5.06. The molecule has 0 bridgehead atoms. The summed E-state index contributed by atoms with van der Waals surface area (Å²) in [4.78, 5) is 2.35. The molecule has 0 aromatic heterocycles. The van der Waals surface area contributed by atoms with E-state index in [-0.39, 0.29) is 11.6 Å². The minimum Gasteiger partial charge on any atom is -0.389 e. The van der Waals surface area contributed by atoms with E-state index in [2.05, 4.69) is 32.6 Å². The third-order valence-electron chi connectivity index (χ3n) is 5.16. The molecule has 2 saturated heterocycles. The van der Waals surface area contributed by atoms with Gasteiger partial charge in [0.1, 0.15) is 0 Å². The van der Waals surface area contributed by atoms with Gasteiger partial charge < -0.3 is 14.6 Å². The highest BCUT2D eigenvalue weighted by Crippen LogP contribution is 2.46. The molecule has 2 aliphatic rings. The van der Waals surface area contributed by atoms with Crippen molar-refractivity contribution >= 4 is 0 Å². The largest absolute Gasteiger partial charge is 0.389 e. The highest BCUT2D eigenvalue weighted by Gasteiger charge is 2.52. The first-order chi connectivity index (χ1) is 8.83. The monoisotopic (exact) mass is 271 g/mol. The number of aliphatic hydroxyl groups excluding tert-OH is 1. The van der Waals surface area contributed by atoms with E-state index in [1.807, 2.05) is 0 Å². The van der Waals surface area contributed by atoms with Crippen molar-refractivity contribution in [1.29, 1.82) is 0 Å². The molecule has 2 aliphatic heterocycles. The van der Waals surface area contributed by atoms with Crippen LogP contribution in [0.5, 0.6) is 0 Å². The van der Waals surface area contributed by atoms with Crippen LogP contribution >= 0.6 is 0 Å². The number of β-amino-alcohol motifs (C(OH)–C–C–N with tert-alkyl or cyclic N) is 1. The molecule has 0 saturated carbocycles. The number of hydrogen-bond acceptors (Lipinski definition) is 4. The smallest absolute Gasteiger partial charge is 0.0900 e. The van der Waals surface area contributed by atoms with E-state index >= 15 is 0 Å². The maximum atomic E-state index is 10.1. The summed E-state index contributed by atoms with van der Waals surface area (Å²) < 4.78 is 11.1. The maximum Gasteiger partial charge on any atom is 0.0900 e. The van der Waals surface area contributed by atoms with E-state index in [1.54, 1.807) is 0 Å². The Morgan fingerprint density at radius 3 is 2.42 bits per heavy atom. The van der Waals surface area contributed by atoms with Crippen LogP contribution in [0.4, 0.5) is 0 Å². The van der Waals surface area contributed by atoms with E-state index in [9.17, 15) is 5.11 Å². The lowest BCUT2D eigenvalue weighted by molar-refractivity contribution is -0.141. The maximum absolute atomic E-state index is 10.1. The van der Waals surface area contributed by atoms with Crippen molar-refractivity contribution in [3.05, 3.63) is 0 Å². The Hall–Kier alpha value is -0.160. The van der Waals surface area contributed by atoms with Gasteiger partial charge in [-0.3, -0.25) is 4.90 Å². The van der Waals surface area contributed by atoms with Gasteiger partial charge in [0.25, 0.3) is 0 Å². The van der Waals surface area contributed by atoms with Crippen molar-refractivity contribution in [3.8, 4) is 0 Å². The number of nitrogens with zero attached hydrogens (tertiary/aromatic N) is 1. The summed E-state index contributed by atoms with van der Waals surface area (Å²) in [5, 5.41) is 10.1. The number of hydrogen-bond donors (Lipinski definition) is 1. The Bertz CT molecular complexity index is 298. The van der Waals surface area contributed by atoms with Crippen LogP contribution in [0, 0.1) is 5.41 Å². The first-order valence-electron chi connectivity index (χ1n) is 7.45. The zero-order chi connectivity index (χ0) is 14.1. The first kappa shape index (κ1) is 15.2. The minimum absolute atomic E-state index is 0.159. The van der Waals surface area contributed by atoms with Crippen LogP contribution in [0.3, 0.4) is 0 Å². The molecule has 2 fully saturated rings. The summed E-state index contributed by atoms with van der Waals surface area (Å²) >= 11 is 0. The zero-order valence-corrected chi connectivity index (χ0v) is 12.8. The fourth-order valence-electron chi connectivity index (χ4n) is 2.89. The SMILES string of the molecule is CC1(C)CN(CC(O)COC2CCOCC2)C1(C)C. The molecule has 112 valence electrons. The van der Waals surface area contributed by atoms with Gasteiger partial charge in [-0.25, -0.2) is 0 Å². The van der Waals surface area contributed by atoms with E-state index in [0.29, 0.717) is 18.6 Å². The van der Waals surface area contributed by atoms with Crippen LogP contribution in [0.25, 0.3) is 0 Å². The van der Waals surface area contributed by atoms with Gasteiger partial charge >= 0.3 is 0 Å². The fraction of sp³-hybridized carbons (Fsp3) is 1.00. The van der Waals surface area contributed by atoms with E-state index in [1.165, 1.54) is 0 Å². The van der Waals surface area contributed by atoms with Crippen molar-refractivity contribution in [2.24, 2.45) is 5.41 Å². The molecule has 0 amide bonds. The lowest BCUT2D eigenvalue weighted by atomic mass is 9.65. The minimum atomic E-state index is -0.391. The van der Waals surface area contributed by atoms with Crippen LogP contribution in [0.15, 0.2) is 0 Å². The Morgan fingerprint density at radius 2 is 1.89 bits per heavy atom. The fourth-order valence-corrected chi connectivity index (χ4v) is 2.89. The quantitative estimate of drug-likeness (QED) is 0.826. The van der Waals surface area contributed by atoms with Gasteiger partial charge in [0.15, 0.2) is 0 Å². The van der Waals surface area contributed by atoms with Crippen LogP contribution in [0.1, 0.15) is 40.5 Å². The molecular formula is C15H29NO3.